The van der Waals surface area contributed by atoms with Gasteiger partial charge in [0.1, 0.15) is 12.4 Å². The molecule has 0 saturated heterocycles. The van der Waals surface area contributed by atoms with Crippen molar-refractivity contribution in [1.29, 1.82) is 0 Å². The molecule has 1 N–H and O–H groups in total. The van der Waals surface area contributed by atoms with Gasteiger partial charge in [0.05, 0.1) is 12.5 Å². The summed E-state index contributed by atoms with van der Waals surface area (Å²) in [6, 6.07) is 18.1. The van der Waals surface area contributed by atoms with Crippen LogP contribution in [0.3, 0.4) is 0 Å². The Morgan fingerprint density at radius 2 is 1.92 bits per heavy atom. The van der Waals surface area contributed by atoms with Crippen LogP contribution in [-0.4, -0.2) is 12.1 Å². The number of rotatable bonds is 6. The molecule has 0 aliphatic heterocycles. The van der Waals surface area contributed by atoms with E-state index >= 15 is 0 Å². The largest absolute Gasteiger partial charge is 0.489 e. The van der Waals surface area contributed by atoms with E-state index in [2.05, 4.69) is 10.5 Å². The number of amides is 1. The first-order valence-electron chi connectivity index (χ1n) is 7.55. The van der Waals surface area contributed by atoms with Gasteiger partial charge in [0.2, 0.25) is 0 Å². The highest BCUT2D eigenvalue weighted by Crippen LogP contribution is 2.18. The molecule has 1 aromatic heterocycles. The number of carbonyl (C=O) groups excluding carboxylic acids is 1. The summed E-state index contributed by atoms with van der Waals surface area (Å²) >= 11 is 6.10. The lowest BCUT2D eigenvalue weighted by atomic mass is 10.2. The number of furan rings is 1. The van der Waals surface area contributed by atoms with E-state index in [0.717, 1.165) is 16.9 Å². The smallest absolute Gasteiger partial charge is 0.307 e. The van der Waals surface area contributed by atoms with Crippen molar-refractivity contribution in [1.82, 2.24) is 5.43 Å². The normalized spacial score (nSPS) is 10.8. The zero-order valence-electron chi connectivity index (χ0n) is 13.2. The minimum atomic E-state index is -0.402. The van der Waals surface area contributed by atoms with Crippen LogP contribution < -0.4 is 10.2 Å². The van der Waals surface area contributed by atoms with Gasteiger partial charge in [-0.3, -0.25) is 4.79 Å². The van der Waals surface area contributed by atoms with Gasteiger partial charge in [-0.15, -0.1) is 0 Å². The Bertz CT molecular complexity index is 859. The fourth-order valence-electron chi connectivity index (χ4n) is 2.05. The van der Waals surface area contributed by atoms with Gasteiger partial charge in [-0.2, -0.15) is 5.10 Å². The molecule has 6 heteroatoms. The Morgan fingerprint density at radius 3 is 2.64 bits per heavy atom. The molecule has 3 rings (SSSR count). The molecule has 2 aromatic carbocycles. The highest BCUT2D eigenvalue weighted by molar-refractivity contribution is 6.31. The lowest BCUT2D eigenvalue weighted by Gasteiger charge is -2.07. The minimum absolute atomic E-state index is 0.209. The van der Waals surface area contributed by atoms with Gasteiger partial charge in [-0.1, -0.05) is 29.8 Å². The van der Waals surface area contributed by atoms with Crippen molar-refractivity contribution in [3.05, 3.63) is 88.8 Å². The average Bonchev–Trinajstić information content (AvgIpc) is 3.17. The molecule has 0 bridgehead atoms. The molecule has 1 amide bonds. The third-order valence-electron chi connectivity index (χ3n) is 3.36. The SMILES string of the molecule is O=C(N/N=C\c1ccc(OCc2ccccc2Cl)cc1)c1ccco1. The summed E-state index contributed by atoms with van der Waals surface area (Å²) in [6.07, 6.45) is 2.97. The standard InChI is InChI=1S/C19H15ClN2O3/c20-17-5-2-1-4-15(17)13-25-16-9-7-14(8-10-16)12-21-22-19(23)18-6-3-11-24-18/h1-12H,13H2,(H,22,23)/b21-12-. The minimum Gasteiger partial charge on any atom is -0.489 e. The number of hydrazone groups is 1. The number of ether oxygens (including phenoxy) is 1. The van der Waals surface area contributed by atoms with Crippen molar-refractivity contribution < 1.29 is 13.9 Å². The molecule has 0 atom stereocenters. The highest BCUT2D eigenvalue weighted by atomic mass is 35.5. The number of benzene rings is 2. The van der Waals surface area contributed by atoms with E-state index in [9.17, 15) is 4.79 Å². The summed E-state index contributed by atoms with van der Waals surface area (Å²) < 4.78 is 10.7. The van der Waals surface area contributed by atoms with Crippen LogP contribution in [0.4, 0.5) is 0 Å². The van der Waals surface area contributed by atoms with Gasteiger partial charge in [0.15, 0.2) is 5.76 Å². The predicted octanol–water partition coefficient (Wildman–Crippen LogP) is 4.28. The zero-order chi connectivity index (χ0) is 17.5. The summed E-state index contributed by atoms with van der Waals surface area (Å²) in [7, 11) is 0. The number of halogens is 1. The van der Waals surface area contributed by atoms with Crippen molar-refractivity contribution >= 4 is 23.7 Å². The van der Waals surface area contributed by atoms with Gasteiger partial charge in [0.25, 0.3) is 0 Å². The average molecular weight is 355 g/mol. The lowest BCUT2D eigenvalue weighted by molar-refractivity contribution is 0.0927. The molecule has 0 unspecified atom stereocenters. The fraction of sp³-hybridized carbons (Fsp3) is 0.0526. The summed E-state index contributed by atoms with van der Waals surface area (Å²) in [5, 5.41) is 4.57. The van der Waals surface area contributed by atoms with Crippen molar-refractivity contribution in [3.63, 3.8) is 0 Å². The molecule has 0 fully saturated rings. The monoisotopic (exact) mass is 354 g/mol. The van der Waals surface area contributed by atoms with Gasteiger partial charge in [-0.25, -0.2) is 5.43 Å². The van der Waals surface area contributed by atoms with Crippen molar-refractivity contribution in [2.45, 2.75) is 6.61 Å². The first-order valence-corrected chi connectivity index (χ1v) is 7.93. The molecule has 0 aliphatic rings. The molecule has 0 radical (unpaired) electrons. The van der Waals surface area contributed by atoms with Gasteiger partial charge < -0.3 is 9.15 Å². The topological polar surface area (TPSA) is 63.8 Å². The Balaban J connectivity index is 1.52. The number of carbonyl (C=O) groups is 1. The van der Waals surface area contributed by atoms with Crippen LogP contribution in [0.5, 0.6) is 5.75 Å². The van der Waals surface area contributed by atoms with E-state index in [0.29, 0.717) is 11.6 Å². The van der Waals surface area contributed by atoms with Gasteiger partial charge >= 0.3 is 5.91 Å². The molecule has 126 valence electrons. The number of nitrogens with one attached hydrogen (secondary N) is 1. The first-order chi connectivity index (χ1) is 12.2. The predicted molar refractivity (Wildman–Crippen MR) is 96.0 cm³/mol. The van der Waals surface area contributed by atoms with Crippen molar-refractivity contribution in [3.8, 4) is 5.75 Å². The maximum Gasteiger partial charge on any atom is 0.307 e. The maximum atomic E-state index is 11.6. The summed E-state index contributed by atoms with van der Waals surface area (Å²) in [5.74, 6) is 0.526. The summed E-state index contributed by atoms with van der Waals surface area (Å²) in [4.78, 5) is 11.6. The van der Waals surface area contributed by atoms with Crippen LogP contribution >= 0.6 is 11.6 Å². The highest BCUT2D eigenvalue weighted by Gasteiger charge is 2.05. The number of hydrogen-bond donors (Lipinski definition) is 1. The summed E-state index contributed by atoms with van der Waals surface area (Å²) in [5.41, 5.74) is 4.14. The molecular weight excluding hydrogens is 340 g/mol. The second-order valence-electron chi connectivity index (χ2n) is 5.13. The molecule has 0 saturated carbocycles. The maximum absolute atomic E-state index is 11.6. The first kappa shape index (κ1) is 16.8. The van der Waals surface area contributed by atoms with E-state index in [4.69, 9.17) is 20.8 Å². The molecule has 0 aliphatic carbocycles. The van der Waals surface area contributed by atoms with Crippen LogP contribution in [-0.2, 0) is 6.61 Å². The number of hydrogen-bond acceptors (Lipinski definition) is 4. The van der Waals surface area contributed by atoms with Crippen LogP contribution in [0, 0.1) is 0 Å². The third-order valence-corrected chi connectivity index (χ3v) is 3.73. The Hall–Kier alpha value is -3.05. The Morgan fingerprint density at radius 1 is 1.12 bits per heavy atom. The third kappa shape index (κ3) is 4.71. The summed E-state index contributed by atoms with van der Waals surface area (Å²) in [6.45, 7) is 0.395. The van der Waals surface area contributed by atoms with Gasteiger partial charge in [0, 0.05) is 10.6 Å². The second kappa shape index (κ2) is 8.17. The Kier molecular flexibility index (Phi) is 5.49. The molecular formula is C19H15ClN2O3. The molecule has 25 heavy (non-hydrogen) atoms. The van der Waals surface area contributed by atoms with Gasteiger partial charge in [-0.05, 0) is 48.0 Å². The zero-order valence-corrected chi connectivity index (χ0v) is 13.9. The lowest BCUT2D eigenvalue weighted by Crippen LogP contribution is -2.16. The fourth-order valence-corrected chi connectivity index (χ4v) is 2.25. The number of nitrogens with zero attached hydrogens (tertiary/aromatic N) is 1. The van der Waals surface area contributed by atoms with E-state index < -0.39 is 5.91 Å². The van der Waals surface area contributed by atoms with Crippen LogP contribution in [0.15, 0.2) is 76.4 Å². The van der Waals surface area contributed by atoms with E-state index in [1.807, 2.05) is 48.5 Å². The van der Waals surface area contributed by atoms with Crippen LogP contribution in [0.25, 0.3) is 0 Å². The molecule has 3 aromatic rings. The van der Waals surface area contributed by atoms with E-state index in [1.165, 1.54) is 6.26 Å². The quantitative estimate of drug-likeness (QED) is 0.531. The van der Waals surface area contributed by atoms with E-state index in [-0.39, 0.29) is 5.76 Å². The molecule has 1 heterocycles. The molecule has 0 spiro atoms. The van der Waals surface area contributed by atoms with Crippen molar-refractivity contribution in [2.75, 3.05) is 0 Å². The van der Waals surface area contributed by atoms with Crippen LogP contribution in [0.2, 0.25) is 5.02 Å². The Labute approximate surface area is 149 Å². The molecule has 5 nitrogen and oxygen atoms in total. The van der Waals surface area contributed by atoms with E-state index in [1.54, 1.807) is 18.3 Å². The van der Waals surface area contributed by atoms with Crippen molar-refractivity contribution in [2.24, 2.45) is 5.10 Å². The second-order valence-corrected chi connectivity index (χ2v) is 5.53. The van der Waals surface area contributed by atoms with Crippen LogP contribution in [0.1, 0.15) is 21.7 Å².